The zero-order valence-electron chi connectivity index (χ0n) is 11.4. The SMILES string of the molecule is c1cc(CNC2=NCCCN2)cc(Cn2ccnc2)c1. The van der Waals surface area contributed by atoms with E-state index in [1.807, 2.05) is 12.5 Å². The van der Waals surface area contributed by atoms with Crippen molar-refractivity contribution in [3.63, 3.8) is 0 Å². The average molecular weight is 269 g/mol. The van der Waals surface area contributed by atoms with Crippen LogP contribution < -0.4 is 10.6 Å². The number of hydrogen-bond acceptors (Lipinski definition) is 4. The molecule has 1 aliphatic heterocycles. The third-order valence-corrected chi connectivity index (χ3v) is 3.27. The van der Waals surface area contributed by atoms with Crippen molar-refractivity contribution in [3.05, 3.63) is 54.1 Å². The van der Waals surface area contributed by atoms with Crippen LogP contribution in [0.25, 0.3) is 0 Å². The molecule has 0 bridgehead atoms. The summed E-state index contributed by atoms with van der Waals surface area (Å²) in [5, 5.41) is 6.61. The number of imidazole rings is 1. The molecule has 2 heterocycles. The molecule has 2 aromatic rings. The summed E-state index contributed by atoms with van der Waals surface area (Å²) in [6.07, 6.45) is 6.74. The molecular formula is C15H19N5. The Morgan fingerprint density at radius 2 is 2.25 bits per heavy atom. The molecule has 3 rings (SSSR count). The maximum absolute atomic E-state index is 4.41. The molecule has 5 heteroatoms. The molecule has 0 spiro atoms. The predicted molar refractivity (Wildman–Crippen MR) is 79.5 cm³/mol. The van der Waals surface area contributed by atoms with Gasteiger partial charge in [-0.05, 0) is 17.5 Å². The summed E-state index contributed by atoms with van der Waals surface area (Å²) in [5.41, 5.74) is 2.54. The molecular weight excluding hydrogens is 250 g/mol. The third kappa shape index (κ3) is 3.38. The lowest BCUT2D eigenvalue weighted by Gasteiger charge is -2.16. The Labute approximate surface area is 118 Å². The van der Waals surface area contributed by atoms with Crippen molar-refractivity contribution in [2.75, 3.05) is 13.1 Å². The highest BCUT2D eigenvalue weighted by molar-refractivity contribution is 5.80. The van der Waals surface area contributed by atoms with Crippen LogP contribution in [0.15, 0.2) is 48.0 Å². The van der Waals surface area contributed by atoms with Crippen LogP contribution in [0.5, 0.6) is 0 Å². The number of benzene rings is 1. The highest BCUT2D eigenvalue weighted by Gasteiger charge is 2.03. The quantitative estimate of drug-likeness (QED) is 0.881. The first-order chi connectivity index (χ1) is 9.90. The lowest BCUT2D eigenvalue weighted by molar-refractivity contribution is 0.701. The van der Waals surface area contributed by atoms with Gasteiger partial charge in [0.1, 0.15) is 0 Å². The Kier molecular flexibility index (Phi) is 3.96. The van der Waals surface area contributed by atoms with Crippen molar-refractivity contribution in [2.45, 2.75) is 19.5 Å². The monoisotopic (exact) mass is 269 g/mol. The smallest absolute Gasteiger partial charge is 0.191 e. The van der Waals surface area contributed by atoms with Crippen molar-refractivity contribution in [1.82, 2.24) is 20.2 Å². The van der Waals surface area contributed by atoms with Gasteiger partial charge in [0.15, 0.2) is 5.96 Å². The zero-order chi connectivity index (χ0) is 13.6. The summed E-state index contributed by atoms with van der Waals surface area (Å²) in [6, 6.07) is 8.59. The zero-order valence-corrected chi connectivity index (χ0v) is 11.4. The largest absolute Gasteiger partial charge is 0.356 e. The highest BCUT2D eigenvalue weighted by atomic mass is 15.2. The number of nitrogens with zero attached hydrogens (tertiary/aromatic N) is 3. The molecule has 0 saturated carbocycles. The van der Waals surface area contributed by atoms with Gasteiger partial charge >= 0.3 is 0 Å². The second-order valence-corrected chi connectivity index (χ2v) is 4.92. The Morgan fingerprint density at radius 1 is 1.30 bits per heavy atom. The molecule has 104 valence electrons. The second-order valence-electron chi connectivity index (χ2n) is 4.92. The van der Waals surface area contributed by atoms with Crippen LogP contribution in [0.1, 0.15) is 17.5 Å². The minimum Gasteiger partial charge on any atom is -0.356 e. The van der Waals surface area contributed by atoms with Gasteiger partial charge < -0.3 is 15.2 Å². The topological polar surface area (TPSA) is 54.2 Å². The van der Waals surface area contributed by atoms with E-state index in [1.165, 1.54) is 11.1 Å². The first-order valence-corrected chi connectivity index (χ1v) is 6.96. The van der Waals surface area contributed by atoms with E-state index in [-0.39, 0.29) is 0 Å². The molecule has 5 nitrogen and oxygen atoms in total. The molecule has 1 aromatic heterocycles. The Hall–Kier alpha value is -2.30. The molecule has 0 saturated heterocycles. The molecule has 0 amide bonds. The summed E-state index contributed by atoms with van der Waals surface area (Å²) in [6.45, 7) is 3.57. The molecule has 0 unspecified atom stereocenters. The lowest BCUT2D eigenvalue weighted by atomic mass is 10.1. The first kappa shape index (κ1) is 12.7. The van der Waals surface area contributed by atoms with Crippen LogP contribution in [0, 0.1) is 0 Å². The average Bonchev–Trinajstić information content (AvgIpc) is 3.00. The third-order valence-electron chi connectivity index (χ3n) is 3.27. The maximum atomic E-state index is 4.41. The van der Waals surface area contributed by atoms with E-state index in [0.29, 0.717) is 0 Å². The van der Waals surface area contributed by atoms with Gasteiger partial charge in [-0.15, -0.1) is 0 Å². The van der Waals surface area contributed by atoms with Crippen LogP contribution in [0.2, 0.25) is 0 Å². The fourth-order valence-electron chi connectivity index (χ4n) is 2.27. The van der Waals surface area contributed by atoms with Gasteiger partial charge in [0, 0.05) is 38.6 Å². The molecule has 20 heavy (non-hydrogen) atoms. The van der Waals surface area contributed by atoms with Gasteiger partial charge in [0.2, 0.25) is 0 Å². The standard InChI is InChI=1S/C15H19N5/c1-3-13(10-19-15-17-5-2-6-18-15)9-14(4-1)11-20-8-7-16-12-20/h1,3-4,7-9,12H,2,5-6,10-11H2,(H2,17,18,19). The molecule has 0 aliphatic carbocycles. The van der Waals surface area contributed by atoms with E-state index in [9.17, 15) is 0 Å². The number of guanidine groups is 1. The maximum Gasteiger partial charge on any atom is 0.191 e. The Bertz CT molecular complexity index is 574. The molecule has 2 N–H and O–H groups in total. The van der Waals surface area contributed by atoms with E-state index < -0.39 is 0 Å². The lowest BCUT2D eigenvalue weighted by Crippen LogP contribution is -2.40. The van der Waals surface area contributed by atoms with Gasteiger partial charge in [-0.25, -0.2) is 4.98 Å². The molecule has 0 radical (unpaired) electrons. The summed E-state index contributed by atoms with van der Waals surface area (Å²) in [7, 11) is 0. The summed E-state index contributed by atoms with van der Waals surface area (Å²) in [4.78, 5) is 8.47. The normalized spacial score (nSPS) is 14.5. The van der Waals surface area contributed by atoms with E-state index in [4.69, 9.17) is 0 Å². The number of aliphatic imine (C=N–C) groups is 1. The van der Waals surface area contributed by atoms with E-state index in [0.717, 1.165) is 38.6 Å². The number of nitrogens with one attached hydrogen (secondary N) is 2. The van der Waals surface area contributed by atoms with Crippen molar-refractivity contribution < 1.29 is 0 Å². The van der Waals surface area contributed by atoms with Gasteiger partial charge in [-0.1, -0.05) is 24.3 Å². The highest BCUT2D eigenvalue weighted by Crippen LogP contribution is 2.07. The molecule has 1 aliphatic rings. The summed E-state index contributed by atoms with van der Waals surface area (Å²) in [5.74, 6) is 0.913. The van der Waals surface area contributed by atoms with E-state index in [1.54, 1.807) is 6.20 Å². The molecule has 1 aromatic carbocycles. The first-order valence-electron chi connectivity index (χ1n) is 6.96. The second kappa shape index (κ2) is 6.23. The number of hydrogen-bond donors (Lipinski definition) is 2. The van der Waals surface area contributed by atoms with Crippen molar-refractivity contribution in [1.29, 1.82) is 0 Å². The van der Waals surface area contributed by atoms with Gasteiger partial charge in [-0.2, -0.15) is 0 Å². The summed E-state index contributed by atoms with van der Waals surface area (Å²) >= 11 is 0. The predicted octanol–water partition coefficient (Wildman–Crippen LogP) is 1.37. The van der Waals surface area contributed by atoms with Crippen LogP contribution >= 0.6 is 0 Å². The van der Waals surface area contributed by atoms with E-state index >= 15 is 0 Å². The number of aromatic nitrogens is 2. The van der Waals surface area contributed by atoms with Gasteiger partial charge in [0.05, 0.1) is 6.33 Å². The van der Waals surface area contributed by atoms with Crippen molar-refractivity contribution in [2.24, 2.45) is 4.99 Å². The van der Waals surface area contributed by atoms with Crippen LogP contribution in [-0.4, -0.2) is 28.6 Å². The fraction of sp³-hybridized carbons (Fsp3) is 0.333. The molecule has 0 fully saturated rings. The molecule has 0 atom stereocenters. The Morgan fingerprint density at radius 3 is 3.05 bits per heavy atom. The van der Waals surface area contributed by atoms with Crippen molar-refractivity contribution in [3.8, 4) is 0 Å². The fourth-order valence-corrected chi connectivity index (χ4v) is 2.27. The number of rotatable bonds is 4. The van der Waals surface area contributed by atoms with Crippen LogP contribution in [-0.2, 0) is 13.1 Å². The van der Waals surface area contributed by atoms with Crippen LogP contribution in [0.4, 0.5) is 0 Å². The summed E-state index contributed by atoms with van der Waals surface area (Å²) < 4.78 is 2.07. The minimum absolute atomic E-state index is 0.795. The van der Waals surface area contributed by atoms with Crippen LogP contribution in [0.3, 0.4) is 0 Å². The van der Waals surface area contributed by atoms with Gasteiger partial charge in [-0.3, -0.25) is 4.99 Å². The van der Waals surface area contributed by atoms with Gasteiger partial charge in [0.25, 0.3) is 0 Å². The van der Waals surface area contributed by atoms with E-state index in [2.05, 4.69) is 49.4 Å². The van der Waals surface area contributed by atoms with Crippen molar-refractivity contribution >= 4 is 5.96 Å². The minimum atomic E-state index is 0.795. The Balaban J connectivity index is 1.60.